The summed E-state index contributed by atoms with van der Waals surface area (Å²) in [5.74, 6) is 0. The summed E-state index contributed by atoms with van der Waals surface area (Å²) >= 11 is 13.5. The first kappa shape index (κ1) is 18.1. The molecule has 2 unspecified atom stereocenters. The summed E-state index contributed by atoms with van der Waals surface area (Å²) in [6.45, 7) is 5.41. The van der Waals surface area contributed by atoms with Crippen molar-refractivity contribution in [1.29, 1.82) is 0 Å². The number of thiocarbonyl (C=S) groups is 1. The Morgan fingerprint density at radius 1 is 1.23 bits per heavy atom. The second-order valence-corrected chi connectivity index (χ2v) is 8.55. The standard InChI is InChI=1S/C18H21ClN4OS2/c19-15-5-4-14(26-15)17-16(13-3-1-2-6-20-13)21-18(25)23(17)8-7-22-9-11-24-12-10-22/h1-6,16-17H,7-12H2,(H,21,25). The van der Waals surface area contributed by atoms with Gasteiger partial charge >= 0.3 is 0 Å². The lowest BCUT2D eigenvalue weighted by atomic mass is 10.0. The summed E-state index contributed by atoms with van der Waals surface area (Å²) in [6, 6.07) is 10.2. The second-order valence-electron chi connectivity index (χ2n) is 6.42. The highest BCUT2D eigenvalue weighted by Crippen LogP contribution is 2.41. The maximum Gasteiger partial charge on any atom is 0.170 e. The molecule has 8 heteroatoms. The van der Waals surface area contributed by atoms with E-state index in [1.54, 1.807) is 11.3 Å². The number of pyridine rings is 1. The molecule has 0 aliphatic carbocycles. The summed E-state index contributed by atoms with van der Waals surface area (Å²) in [5.41, 5.74) is 0.998. The minimum absolute atomic E-state index is 0.0307. The zero-order chi connectivity index (χ0) is 17.9. The van der Waals surface area contributed by atoms with Crippen molar-refractivity contribution in [2.45, 2.75) is 12.1 Å². The topological polar surface area (TPSA) is 40.6 Å². The Hall–Kier alpha value is -1.25. The molecule has 4 heterocycles. The van der Waals surface area contributed by atoms with Crippen LogP contribution in [0.1, 0.15) is 22.7 Å². The van der Waals surface area contributed by atoms with E-state index in [2.05, 4.69) is 26.2 Å². The zero-order valence-electron chi connectivity index (χ0n) is 14.3. The number of rotatable bonds is 5. The number of thiophene rings is 1. The molecular weight excluding hydrogens is 388 g/mol. The summed E-state index contributed by atoms with van der Waals surface area (Å²) in [7, 11) is 0. The molecule has 26 heavy (non-hydrogen) atoms. The summed E-state index contributed by atoms with van der Waals surface area (Å²) in [6.07, 6.45) is 1.83. The maximum atomic E-state index is 6.22. The average molecular weight is 409 g/mol. The second kappa shape index (κ2) is 8.19. The van der Waals surface area contributed by atoms with Crippen LogP contribution in [0, 0.1) is 0 Å². The van der Waals surface area contributed by atoms with Gasteiger partial charge in [-0.1, -0.05) is 17.7 Å². The van der Waals surface area contributed by atoms with Crippen LogP contribution >= 0.6 is 35.2 Å². The number of halogens is 1. The van der Waals surface area contributed by atoms with Crippen LogP contribution in [0.5, 0.6) is 0 Å². The summed E-state index contributed by atoms with van der Waals surface area (Å²) < 4.78 is 6.24. The number of nitrogens with zero attached hydrogens (tertiary/aromatic N) is 3. The van der Waals surface area contributed by atoms with Crippen LogP contribution in [-0.2, 0) is 4.74 Å². The van der Waals surface area contributed by atoms with Gasteiger partial charge in [0.1, 0.15) is 0 Å². The molecule has 2 fully saturated rings. The van der Waals surface area contributed by atoms with Crippen molar-refractivity contribution >= 4 is 40.3 Å². The Morgan fingerprint density at radius 2 is 2.08 bits per heavy atom. The van der Waals surface area contributed by atoms with Gasteiger partial charge in [-0.25, -0.2) is 0 Å². The van der Waals surface area contributed by atoms with E-state index in [0.717, 1.165) is 54.5 Å². The van der Waals surface area contributed by atoms with E-state index in [1.807, 2.05) is 30.5 Å². The minimum atomic E-state index is 0.0307. The van der Waals surface area contributed by atoms with Gasteiger partial charge in [0, 0.05) is 37.3 Å². The van der Waals surface area contributed by atoms with Crippen LogP contribution < -0.4 is 5.32 Å². The van der Waals surface area contributed by atoms with Gasteiger partial charge in [-0.15, -0.1) is 11.3 Å². The molecule has 2 aromatic heterocycles. The molecule has 0 bridgehead atoms. The summed E-state index contributed by atoms with van der Waals surface area (Å²) in [4.78, 5) is 10.5. The Kier molecular flexibility index (Phi) is 5.71. The molecule has 0 radical (unpaired) electrons. The Morgan fingerprint density at radius 3 is 2.77 bits per heavy atom. The molecule has 5 nitrogen and oxygen atoms in total. The lowest BCUT2D eigenvalue weighted by molar-refractivity contribution is 0.0351. The molecule has 2 aliphatic rings. The van der Waals surface area contributed by atoms with Crippen molar-refractivity contribution in [2.75, 3.05) is 39.4 Å². The minimum Gasteiger partial charge on any atom is -0.379 e. The summed E-state index contributed by atoms with van der Waals surface area (Å²) in [5, 5.41) is 4.26. The van der Waals surface area contributed by atoms with Crippen LogP contribution in [0.25, 0.3) is 0 Å². The predicted octanol–water partition coefficient (Wildman–Crippen LogP) is 3.10. The van der Waals surface area contributed by atoms with E-state index in [9.17, 15) is 0 Å². The first-order chi connectivity index (χ1) is 12.7. The highest BCUT2D eigenvalue weighted by atomic mass is 35.5. The highest BCUT2D eigenvalue weighted by molar-refractivity contribution is 7.80. The van der Waals surface area contributed by atoms with E-state index in [4.69, 9.17) is 28.6 Å². The van der Waals surface area contributed by atoms with Gasteiger partial charge < -0.3 is 15.0 Å². The van der Waals surface area contributed by atoms with Crippen molar-refractivity contribution in [3.8, 4) is 0 Å². The quantitative estimate of drug-likeness (QED) is 0.766. The SMILES string of the molecule is S=C1NC(c2ccccn2)C(c2ccc(Cl)s2)N1CCN1CCOCC1. The number of morpholine rings is 1. The number of hydrogen-bond acceptors (Lipinski definition) is 5. The van der Waals surface area contributed by atoms with E-state index < -0.39 is 0 Å². The van der Waals surface area contributed by atoms with E-state index >= 15 is 0 Å². The fraction of sp³-hybridized carbons (Fsp3) is 0.444. The van der Waals surface area contributed by atoms with Crippen LogP contribution in [0.15, 0.2) is 36.5 Å². The Labute approximate surface area is 167 Å². The van der Waals surface area contributed by atoms with Gasteiger partial charge in [-0.2, -0.15) is 0 Å². The third kappa shape index (κ3) is 3.87. The highest BCUT2D eigenvalue weighted by Gasteiger charge is 2.40. The maximum absolute atomic E-state index is 6.22. The van der Waals surface area contributed by atoms with Gasteiger partial charge in [-0.05, 0) is 36.5 Å². The lowest BCUT2D eigenvalue weighted by Gasteiger charge is -2.31. The van der Waals surface area contributed by atoms with Crippen molar-refractivity contribution in [3.63, 3.8) is 0 Å². The number of nitrogens with one attached hydrogen (secondary N) is 1. The van der Waals surface area contributed by atoms with E-state index in [-0.39, 0.29) is 12.1 Å². The van der Waals surface area contributed by atoms with Gasteiger partial charge in [0.25, 0.3) is 0 Å². The van der Waals surface area contributed by atoms with E-state index in [0.29, 0.717) is 0 Å². The van der Waals surface area contributed by atoms with E-state index in [1.165, 1.54) is 4.88 Å². The molecule has 0 amide bonds. The van der Waals surface area contributed by atoms with Crippen molar-refractivity contribution in [3.05, 3.63) is 51.4 Å². The molecule has 138 valence electrons. The number of ether oxygens (including phenoxy) is 1. The average Bonchev–Trinajstić information content (AvgIpc) is 3.24. The molecule has 2 saturated heterocycles. The molecule has 0 saturated carbocycles. The van der Waals surface area contributed by atoms with Crippen molar-refractivity contribution in [2.24, 2.45) is 0 Å². The Bertz CT molecular complexity index is 751. The first-order valence-corrected chi connectivity index (χ1v) is 10.4. The zero-order valence-corrected chi connectivity index (χ0v) is 16.7. The Balaban J connectivity index is 1.57. The third-order valence-electron chi connectivity index (χ3n) is 4.84. The molecule has 0 aromatic carbocycles. The largest absolute Gasteiger partial charge is 0.379 e. The fourth-order valence-electron chi connectivity index (χ4n) is 3.52. The predicted molar refractivity (Wildman–Crippen MR) is 109 cm³/mol. The molecule has 2 atom stereocenters. The molecule has 4 rings (SSSR count). The molecule has 0 spiro atoms. The third-order valence-corrected chi connectivity index (χ3v) is 6.50. The normalized spacial score (nSPS) is 24.0. The smallest absolute Gasteiger partial charge is 0.170 e. The van der Waals surface area contributed by atoms with Gasteiger partial charge in [0.2, 0.25) is 0 Å². The first-order valence-electron chi connectivity index (χ1n) is 8.76. The van der Waals surface area contributed by atoms with Crippen LogP contribution in [0.3, 0.4) is 0 Å². The lowest BCUT2D eigenvalue weighted by Crippen LogP contribution is -2.42. The van der Waals surface area contributed by atoms with Gasteiger partial charge in [0.05, 0.1) is 35.3 Å². The fourth-order valence-corrected chi connectivity index (χ4v) is 5.06. The van der Waals surface area contributed by atoms with Crippen LogP contribution in [-0.4, -0.2) is 59.3 Å². The van der Waals surface area contributed by atoms with Crippen molar-refractivity contribution in [1.82, 2.24) is 20.1 Å². The van der Waals surface area contributed by atoms with Crippen molar-refractivity contribution < 1.29 is 4.74 Å². The molecule has 2 aromatic rings. The van der Waals surface area contributed by atoms with Crippen LogP contribution in [0.2, 0.25) is 4.34 Å². The van der Waals surface area contributed by atoms with Gasteiger partial charge in [0.15, 0.2) is 5.11 Å². The molecule has 2 aliphatic heterocycles. The molecule has 1 N–H and O–H groups in total. The monoisotopic (exact) mass is 408 g/mol. The van der Waals surface area contributed by atoms with Gasteiger partial charge in [-0.3, -0.25) is 9.88 Å². The number of aromatic nitrogens is 1. The van der Waals surface area contributed by atoms with Crippen LogP contribution in [0.4, 0.5) is 0 Å². The number of hydrogen-bond donors (Lipinski definition) is 1. The molecular formula is C18H21ClN4OS2.